The Morgan fingerprint density at radius 3 is 2.57 bits per heavy atom. The normalized spacial score (nSPS) is 10.5. The number of carbonyl (C=O) groups excluding carboxylic acids is 1. The van der Waals surface area contributed by atoms with E-state index in [4.69, 9.17) is 0 Å². The van der Waals surface area contributed by atoms with Gasteiger partial charge < -0.3 is 10.6 Å². The van der Waals surface area contributed by atoms with Crippen LogP contribution in [0, 0.1) is 5.82 Å². The summed E-state index contributed by atoms with van der Waals surface area (Å²) in [6, 6.07) is 16.5. The zero-order valence-corrected chi connectivity index (χ0v) is 14.7. The van der Waals surface area contributed by atoms with Gasteiger partial charge in [-0.25, -0.2) is 9.18 Å². The molecule has 0 saturated heterocycles. The van der Waals surface area contributed by atoms with Gasteiger partial charge in [-0.2, -0.15) is 5.10 Å². The molecule has 6 nitrogen and oxygen atoms in total. The van der Waals surface area contributed by atoms with Crippen LogP contribution in [0.4, 0.5) is 20.6 Å². The quantitative estimate of drug-likeness (QED) is 0.475. The lowest BCUT2D eigenvalue weighted by Crippen LogP contribution is -2.20. The number of para-hydroxylation sites is 1. The van der Waals surface area contributed by atoms with Crippen molar-refractivity contribution in [3.05, 3.63) is 85.1 Å². The number of nitrogens with one attached hydrogen (secondary N) is 3. The third kappa shape index (κ3) is 3.73. The van der Waals surface area contributed by atoms with E-state index in [1.807, 2.05) is 36.5 Å². The number of hydrogen-bond acceptors (Lipinski definition) is 3. The number of pyridine rings is 1. The average molecular weight is 373 g/mol. The summed E-state index contributed by atoms with van der Waals surface area (Å²) in [6.07, 6.45) is 5.25. The number of urea groups is 1. The highest BCUT2D eigenvalue weighted by atomic mass is 19.1. The first-order chi connectivity index (χ1) is 13.7. The van der Waals surface area contributed by atoms with Crippen LogP contribution in [0.25, 0.3) is 22.4 Å². The fourth-order valence-electron chi connectivity index (χ4n) is 2.85. The Kier molecular flexibility index (Phi) is 4.79. The molecule has 2 amide bonds. The third-order valence-corrected chi connectivity index (χ3v) is 4.15. The number of aromatic nitrogens is 3. The van der Waals surface area contributed by atoms with E-state index in [1.165, 1.54) is 12.1 Å². The van der Waals surface area contributed by atoms with Crippen LogP contribution in [0.2, 0.25) is 0 Å². The molecule has 4 rings (SSSR count). The molecule has 7 heteroatoms. The molecule has 0 atom stereocenters. The van der Waals surface area contributed by atoms with E-state index in [-0.39, 0.29) is 5.69 Å². The number of amides is 2. The summed E-state index contributed by atoms with van der Waals surface area (Å²) in [7, 11) is 0. The van der Waals surface area contributed by atoms with Gasteiger partial charge in [0.25, 0.3) is 0 Å². The molecule has 0 radical (unpaired) electrons. The number of aromatic amines is 1. The zero-order valence-electron chi connectivity index (χ0n) is 14.7. The number of carbonyl (C=O) groups is 1. The number of anilines is 2. The van der Waals surface area contributed by atoms with Gasteiger partial charge in [0.15, 0.2) is 0 Å². The van der Waals surface area contributed by atoms with E-state index in [2.05, 4.69) is 25.8 Å². The molecular formula is C21H16FN5O. The summed E-state index contributed by atoms with van der Waals surface area (Å²) >= 11 is 0. The summed E-state index contributed by atoms with van der Waals surface area (Å²) < 4.78 is 13.7. The summed E-state index contributed by atoms with van der Waals surface area (Å²) in [5.41, 5.74) is 4.17. The highest BCUT2D eigenvalue weighted by Crippen LogP contribution is 2.31. The van der Waals surface area contributed by atoms with E-state index in [0.29, 0.717) is 5.69 Å². The van der Waals surface area contributed by atoms with Crippen LogP contribution in [0.3, 0.4) is 0 Å². The van der Waals surface area contributed by atoms with Crippen LogP contribution in [-0.4, -0.2) is 21.2 Å². The van der Waals surface area contributed by atoms with Crippen LogP contribution in [0.1, 0.15) is 0 Å². The van der Waals surface area contributed by atoms with Crippen LogP contribution in [0.5, 0.6) is 0 Å². The summed E-state index contributed by atoms with van der Waals surface area (Å²) in [5, 5.41) is 12.4. The van der Waals surface area contributed by atoms with Gasteiger partial charge >= 0.3 is 6.03 Å². The van der Waals surface area contributed by atoms with E-state index < -0.39 is 11.8 Å². The fraction of sp³-hybridized carbons (Fsp3) is 0. The van der Waals surface area contributed by atoms with E-state index in [1.54, 1.807) is 30.6 Å². The number of benzene rings is 2. The minimum atomic E-state index is -0.529. The van der Waals surface area contributed by atoms with Crippen molar-refractivity contribution >= 4 is 17.4 Å². The molecule has 2 heterocycles. The standard InChI is InChI=1S/C21H16FN5O/c22-18-6-1-2-7-19(18)26-21(28)25-16-5-3-4-15(12-16)20-17(13-24-27-20)14-8-10-23-11-9-14/h1-13H,(H,24,27)(H2,25,26,28). The molecule has 2 aromatic heterocycles. The Labute approximate surface area is 160 Å². The number of rotatable bonds is 4. The molecule has 0 aliphatic heterocycles. The molecule has 0 spiro atoms. The first-order valence-electron chi connectivity index (χ1n) is 8.58. The number of halogens is 1. The van der Waals surface area contributed by atoms with Gasteiger partial charge in [-0.05, 0) is 42.0 Å². The maximum absolute atomic E-state index is 13.7. The second-order valence-corrected chi connectivity index (χ2v) is 6.02. The number of H-pyrrole nitrogens is 1. The van der Waals surface area contributed by atoms with E-state index >= 15 is 0 Å². The van der Waals surface area contributed by atoms with Gasteiger partial charge in [0.2, 0.25) is 0 Å². The molecule has 0 fully saturated rings. The second-order valence-electron chi connectivity index (χ2n) is 6.02. The predicted octanol–water partition coefficient (Wildman–Crippen LogP) is 4.92. The van der Waals surface area contributed by atoms with Gasteiger partial charge in [0, 0.05) is 35.4 Å². The lowest BCUT2D eigenvalue weighted by atomic mass is 10.0. The maximum atomic E-state index is 13.7. The largest absolute Gasteiger partial charge is 0.323 e. The van der Waals surface area contributed by atoms with Crippen molar-refractivity contribution in [1.29, 1.82) is 0 Å². The molecule has 138 valence electrons. The Balaban J connectivity index is 1.55. The molecule has 0 saturated carbocycles. The summed E-state index contributed by atoms with van der Waals surface area (Å²) in [4.78, 5) is 16.2. The molecule has 0 aliphatic carbocycles. The molecule has 28 heavy (non-hydrogen) atoms. The van der Waals surface area contributed by atoms with Gasteiger partial charge in [-0.3, -0.25) is 10.1 Å². The van der Waals surface area contributed by atoms with Crippen molar-refractivity contribution in [3.63, 3.8) is 0 Å². The molecule has 0 aliphatic rings. The van der Waals surface area contributed by atoms with Gasteiger partial charge in [-0.1, -0.05) is 24.3 Å². The van der Waals surface area contributed by atoms with Crippen molar-refractivity contribution in [3.8, 4) is 22.4 Å². The molecule has 3 N–H and O–H groups in total. The molecule has 0 bridgehead atoms. The number of hydrogen-bond donors (Lipinski definition) is 3. The molecule has 4 aromatic rings. The lowest BCUT2D eigenvalue weighted by molar-refractivity contribution is 0.262. The highest BCUT2D eigenvalue weighted by molar-refractivity contribution is 6.00. The molecule has 0 unspecified atom stereocenters. The Morgan fingerprint density at radius 2 is 1.75 bits per heavy atom. The van der Waals surface area contributed by atoms with Gasteiger partial charge in [-0.15, -0.1) is 0 Å². The topological polar surface area (TPSA) is 82.7 Å². The minimum Gasteiger partial charge on any atom is -0.308 e. The van der Waals surface area contributed by atoms with Gasteiger partial charge in [0.05, 0.1) is 11.4 Å². The summed E-state index contributed by atoms with van der Waals surface area (Å²) in [5.74, 6) is -0.495. The van der Waals surface area contributed by atoms with E-state index in [0.717, 1.165) is 22.4 Å². The smallest absolute Gasteiger partial charge is 0.308 e. The average Bonchev–Trinajstić information content (AvgIpc) is 3.21. The van der Waals surface area contributed by atoms with Crippen molar-refractivity contribution in [1.82, 2.24) is 15.2 Å². The second kappa shape index (κ2) is 7.71. The molecular weight excluding hydrogens is 357 g/mol. The predicted molar refractivity (Wildman–Crippen MR) is 106 cm³/mol. The van der Waals surface area contributed by atoms with Crippen molar-refractivity contribution in [2.45, 2.75) is 0 Å². The minimum absolute atomic E-state index is 0.114. The third-order valence-electron chi connectivity index (χ3n) is 4.15. The van der Waals surface area contributed by atoms with Crippen LogP contribution in [-0.2, 0) is 0 Å². The van der Waals surface area contributed by atoms with Crippen molar-refractivity contribution in [2.75, 3.05) is 10.6 Å². The van der Waals surface area contributed by atoms with Gasteiger partial charge in [0.1, 0.15) is 5.82 Å². The Morgan fingerprint density at radius 1 is 0.929 bits per heavy atom. The zero-order chi connectivity index (χ0) is 19.3. The van der Waals surface area contributed by atoms with Crippen LogP contribution < -0.4 is 10.6 Å². The lowest BCUT2D eigenvalue weighted by Gasteiger charge is -2.10. The highest BCUT2D eigenvalue weighted by Gasteiger charge is 2.12. The van der Waals surface area contributed by atoms with Crippen molar-refractivity contribution in [2.24, 2.45) is 0 Å². The fourth-order valence-corrected chi connectivity index (χ4v) is 2.85. The molecule has 2 aromatic carbocycles. The van der Waals surface area contributed by atoms with Crippen LogP contribution in [0.15, 0.2) is 79.3 Å². The maximum Gasteiger partial charge on any atom is 0.323 e. The van der Waals surface area contributed by atoms with E-state index in [9.17, 15) is 9.18 Å². The number of nitrogens with zero attached hydrogens (tertiary/aromatic N) is 2. The SMILES string of the molecule is O=C(Nc1cccc(-c2n[nH]cc2-c2ccncc2)c1)Nc1ccccc1F. The summed E-state index contributed by atoms with van der Waals surface area (Å²) in [6.45, 7) is 0. The Hall–Kier alpha value is -4.00. The van der Waals surface area contributed by atoms with Crippen molar-refractivity contribution < 1.29 is 9.18 Å². The monoisotopic (exact) mass is 373 g/mol. The Bertz CT molecular complexity index is 1110. The first kappa shape index (κ1) is 17.4. The van der Waals surface area contributed by atoms with Crippen LogP contribution >= 0.6 is 0 Å². The first-order valence-corrected chi connectivity index (χ1v) is 8.58.